The van der Waals surface area contributed by atoms with Crippen molar-refractivity contribution in [2.24, 2.45) is 0 Å². The molecule has 4 heteroatoms. The van der Waals surface area contributed by atoms with Crippen molar-refractivity contribution in [1.82, 2.24) is 0 Å². The summed E-state index contributed by atoms with van der Waals surface area (Å²) in [6.07, 6.45) is 0.927. The Morgan fingerprint density at radius 3 is 2.48 bits per heavy atom. The fourth-order valence-electron chi connectivity index (χ4n) is 2.23. The van der Waals surface area contributed by atoms with E-state index in [0.29, 0.717) is 12.2 Å². The monoisotopic (exact) mass is 391 g/mol. The van der Waals surface area contributed by atoms with Gasteiger partial charge in [-0.15, -0.1) is 0 Å². The number of anilines is 1. The first-order valence-electron chi connectivity index (χ1n) is 6.73. The van der Waals surface area contributed by atoms with Gasteiger partial charge in [-0.05, 0) is 46.9 Å². The number of nitrogens with one attached hydrogen (secondary N) is 1. The first kappa shape index (κ1) is 14.1. The van der Waals surface area contributed by atoms with Crippen molar-refractivity contribution in [3.05, 3.63) is 69.3 Å². The van der Waals surface area contributed by atoms with Crippen LogP contribution in [0.4, 0.5) is 5.69 Å². The Kier molecular flexibility index (Phi) is 4.24. The van der Waals surface area contributed by atoms with Crippen LogP contribution in [0.1, 0.15) is 22.3 Å². The summed E-state index contributed by atoms with van der Waals surface area (Å²) in [5.74, 6) is 0.760. The molecule has 1 aliphatic rings. The summed E-state index contributed by atoms with van der Waals surface area (Å²) < 4.78 is 6.89. The van der Waals surface area contributed by atoms with Gasteiger partial charge in [0, 0.05) is 21.1 Å². The zero-order valence-electron chi connectivity index (χ0n) is 11.3. The molecule has 0 saturated carbocycles. The largest absolute Gasteiger partial charge is 0.492 e. The quantitative estimate of drug-likeness (QED) is 0.785. The van der Waals surface area contributed by atoms with Gasteiger partial charge in [0.1, 0.15) is 5.76 Å². The molecular formula is C17H14INO2. The molecule has 1 aliphatic heterocycles. The average Bonchev–Trinajstić information content (AvgIpc) is 2.95. The minimum absolute atomic E-state index is 0.114. The second-order valence-corrected chi connectivity index (χ2v) is 6.00. The van der Waals surface area contributed by atoms with Crippen LogP contribution in [-0.4, -0.2) is 12.5 Å². The van der Waals surface area contributed by atoms with Gasteiger partial charge in [-0.1, -0.05) is 30.3 Å². The molecule has 106 valence electrons. The number of halogens is 1. The third-order valence-electron chi connectivity index (χ3n) is 3.27. The second kappa shape index (κ2) is 6.30. The number of hydrogen-bond acceptors (Lipinski definition) is 2. The molecule has 21 heavy (non-hydrogen) atoms. The summed E-state index contributed by atoms with van der Waals surface area (Å²) in [5.41, 5.74) is 2.35. The van der Waals surface area contributed by atoms with Gasteiger partial charge in [0.25, 0.3) is 5.91 Å². The predicted molar refractivity (Wildman–Crippen MR) is 92.3 cm³/mol. The van der Waals surface area contributed by atoms with Crippen molar-refractivity contribution in [3.63, 3.8) is 0 Å². The smallest absolute Gasteiger partial charge is 0.255 e. The highest BCUT2D eigenvalue weighted by Crippen LogP contribution is 2.35. The molecule has 0 fully saturated rings. The maximum absolute atomic E-state index is 12.3. The van der Waals surface area contributed by atoms with Crippen LogP contribution in [0.25, 0.3) is 5.76 Å². The number of rotatable bonds is 3. The normalized spacial score (nSPS) is 14.0. The van der Waals surface area contributed by atoms with Gasteiger partial charge in [0.2, 0.25) is 0 Å². The number of amides is 1. The highest BCUT2D eigenvalue weighted by molar-refractivity contribution is 14.1. The average molecular weight is 391 g/mol. The van der Waals surface area contributed by atoms with Gasteiger partial charge in [0.05, 0.1) is 12.3 Å². The standard InChI is InChI=1S/C17H14INO2/c18-14-10-11-21-16(14)13-8-4-5-9-15(13)19-17(20)12-6-2-1-3-7-12/h1-9H,10-11H2,(H,19,20). The lowest BCUT2D eigenvalue weighted by molar-refractivity contribution is 0.102. The molecule has 0 radical (unpaired) electrons. The number of hydrogen-bond donors (Lipinski definition) is 1. The summed E-state index contributed by atoms with van der Waals surface area (Å²) in [6, 6.07) is 16.9. The van der Waals surface area contributed by atoms with Crippen molar-refractivity contribution in [3.8, 4) is 0 Å². The molecule has 3 nitrogen and oxygen atoms in total. The van der Waals surface area contributed by atoms with Crippen LogP contribution in [-0.2, 0) is 4.74 Å². The highest BCUT2D eigenvalue weighted by Gasteiger charge is 2.19. The van der Waals surface area contributed by atoms with Crippen molar-refractivity contribution < 1.29 is 9.53 Å². The van der Waals surface area contributed by atoms with Crippen molar-refractivity contribution >= 4 is 39.9 Å². The first-order chi connectivity index (χ1) is 10.3. The maximum atomic E-state index is 12.3. The fourth-order valence-corrected chi connectivity index (χ4v) is 2.90. The van der Waals surface area contributed by atoms with Crippen LogP contribution in [0.2, 0.25) is 0 Å². The van der Waals surface area contributed by atoms with Crippen LogP contribution in [0.15, 0.2) is 58.2 Å². The zero-order valence-corrected chi connectivity index (χ0v) is 13.5. The third kappa shape index (κ3) is 3.10. The van der Waals surface area contributed by atoms with Gasteiger partial charge in [-0.2, -0.15) is 0 Å². The molecule has 2 aromatic rings. The van der Waals surface area contributed by atoms with Gasteiger partial charge in [-0.3, -0.25) is 4.79 Å². The van der Waals surface area contributed by atoms with E-state index >= 15 is 0 Å². The Labute approximate surface area is 137 Å². The SMILES string of the molecule is O=C(Nc1ccccc1C1=C(I)CCO1)c1ccccc1. The Hall–Kier alpha value is -1.82. The minimum Gasteiger partial charge on any atom is -0.492 e. The molecule has 0 aliphatic carbocycles. The Bertz CT molecular complexity index is 695. The van der Waals surface area contributed by atoms with Gasteiger partial charge in [0.15, 0.2) is 0 Å². The highest BCUT2D eigenvalue weighted by atomic mass is 127. The second-order valence-electron chi connectivity index (χ2n) is 4.70. The first-order valence-corrected chi connectivity index (χ1v) is 7.81. The summed E-state index contributed by atoms with van der Waals surface area (Å²) in [4.78, 5) is 12.3. The van der Waals surface area contributed by atoms with Gasteiger partial charge >= 0.3 is 0 Å². The summed E-state index contributed by atoms with van der Waals surface area (Å²) in [7, 11) is 0. The van der Waals surface area contributed by atoms with E-state index in [1.54, 1.807) is 12.1 Å². The number of carbonyl (C=O) groups excluding carboxylic acids is 1. The number of benzene rings is 2. The lowest BCUT2D eigenvalue weighted by Gasteiger charge is -2.12. The summed E-state index contributed by atoms with van der Waals surface area (Å²) in [5, 5.41) is 2.97. The predicted octanol–water partition coefficient (Wildman–Crippen LogP) is 4.46. The van der Waals surface area contributed by atoms with E-state index in [4.69, 9.17) is 4.74 Å². The van der Waals surface area contributed by atoms with E-state index in [9.17, 15) is 4.79 Å². The fraction of sp³-hybridized carbons (Fsp3) is 0.118. The van der Waals surface area contributed by atoms with Crippen LogP contribution >= 0.6 is 22.6 Å². The number of ether oxygens (including phenoxy) is 1. The van der Waals surface area contributed by atoms with Crippen molar-refractivity contribution in [2.75, 3.05) is 11.9 Å². The van der Waals surface area contributed by atoms with Crippen LogP contribution in [0.3, 0.4) is 0 Å². The molecular weight excluding hydrogens is 377 g/mol. The Balaban J connectivity index is 1.90. The molecule has 3 rings (SSSR count). The molecule has 0 spiro atoms. The zero-order chi connectivity index (χ0) is 14.7. The maximum Gasteiger partial charge on any atom is 0.255 e. The lowest BCUT2D eigenvalue weighted by atomic mass is 10.1. The molecule has 0 unspecified atom stereocenters. The molecule has 0 aromatic heterocycles. The van der Waals surface area contributed by atoms with Crippen LogP contribution in [0, 0.1) is 0 Å². The number of para-hydroxylation sites is 1. The van der Waals surface area contributed by atoms with Gasteiger partial charge in [-0.25, -0.2) is 0 Å². The van der Waals surface area contributed by atoms with Crippen LogP contribution in [0.5, 0.6) is 0 Å². The Morgan fingerprint density at radius 1 is 1.05 bits per heavy atom. The van der Waals surface area contributed by atoms with E-state index in [1.807, 2.05) is 42.5 Å². The molecule has 1 heterocycles. The van der Waals surface area contributed by atoms with Crippen LogP contribution < -0.4 is 5.32 Å². The lowest BCUT2D eigenvalue weighted by Crippen LogP contribution is -2.13. The molecule has 2 aromatic carbocycles. The molecule has 1 N–H and O–H groups in total. The number of carbonyl (C=O) groups is 1. The molecule has 0 saturated heterocycles. The van der Waals surface area contributed by atoms with E-state index in [-0.39, 0.29) is 5.91 Å². The van der Waals surface area contributed by atoms with E-state index < -0.39 is 0 Å². The van der Waals surface area contributed by atoms with Crippen molar-refractivity contribution in [2.45, 2.75) is 6.42 Å². The van der Waals surface area contributed by atoms with Gasteiger partial charge < -0.3 is 10.1 Å². The molecule has 1 amide bonds. The van der Waals surface area contributed by atoms with E-state index in [0.717, 1.165) is 23.4 Å². The Morgan fingerprint density at radius 2 is 1.76 bits per heavy atom. The van der Waals surface area contributed by atoms with E-state index in [2.05, 4.69) is 27.9 Å². The molecule has 0 atom stereocenters. The van der Waals surface area contributed by atoms with Crippen molar-refractivity contribution in [1.29, 1.82) is 0 Å². The summed E-state index contributed by atoms with van der Waals surface area (Å²) >= 11 is 2.30. The summed E-state index contributed by atoms with van der Waals surface area (Å²) in [6.45, 7) is 0.703. The van der Waals surface area contributed by atoms with E-state index in [1.165, 1.54) is 3.58 Å². The third-order valence-corrected chi connectivity index (χ3v) is 4.30. The topological polar surface area (TPSA) is 38.3 Å². The minimum atomic E-state index is -0.114. The molecule has 0 bridgehead atoms.